The van der Waals surface area contributed by atoms with Crippen LogP contribution >= 0.6 is 23.2 Å². The largest absolute Gasteiger partial charge is 0.493 e. The van der Waals surface area contributed by atoms with Gasteiger partial charge in [0.15, 0.2) is 11.5 Å². The van der Waals surface area contributed by atoms with E-state index in [9.17, 15) is 14.0 Å². The third-order valence-electron chi connectivity index (χ3n) is 5.59. The van der Waals surface area contributed by atoms with Crippen LogP contribution in [-0.4, -0.2) is 31.7 Å². The van der Waals surface area contributed by atoms with Gasteiger partial charge in [-0.15, -0.1) is 0 Å². The summed E-state index contributed by atoms with van der Waals surface area (Å²) in [4.78, 5) is 26.3. The van der Waals surface area contributed by atoms with E-state index >= 15 is 0 Å². The van der Waals surface area contributed by atoms with Crippen LogP contribution in [0.25, 0.3) is 0 Å². The van der Waals surface area contributed by atoms with Crippen LogP contribution in [0.5, 0.6) is 11.5 Å². The molecule has 186 valence electrons. The quantitative estimate of drug-likeness (QED) is 0.320. The van der Waals surface area contributed by atoms with E-state index in [0.29, 0.717) is 32.8 Å². The van der Waals surface area contributed by atoms with Gasteiger partial charge in [-0.25, -0.2) is 9.82 Å². The Labute approximate surface area is 217 Å². The highest BCUT2D eigenvalue weighted by atomic mass is 35.5. The molecule has 1 heterocycles. The number of halogens is 3. The second-order valence-electron chi connectivity index (χ2n) is 8.06. The SMILES string of the molecule is COc1cc(/C=N\NC(=O)[C@@H]2CC(=O)N(c3ccc(F)cc3)C2)ccc1OCc1ccc(Cl)c(Cl)c1. The summed E-state index contributed by atoms with van der Waals surface area (Å²) in [5, 5.41) is 4.93. The van der Waals surface area contributed by atoms with Crippen molar-refractivity contribution in [3.8, 4) is 11.5 Å². The van der Waals surface area contributed by atoms with Gasteiger partial charge in [-0.1, -0.05) is 29.3 Å². The molecule has 4 rings (SSSR count). The lowest BCUT2D eigenvalue weighted by atomic mass is 10.1. The molecule has 1 N–H and O–H groups in total. The van der Waals surface area contributed by atoms with E-state index in [1.54, 1.807) is 30.3 Å². The summed E-state index contributed by atoms with van der Waals surface area (Å²) in [5.74, 6) is -0.524. The van der Waals surface area contributed by atoms with Gasteiger partial charge in [0.1, 0.15) is 12.4 Å². The molecule has 10 heteroatoms. The summed E-state index contributed by atoms with van der Waals surface area (Å²) in [5.41, 5.74) is 4.55. The molecule has 1 aliphatic rings. The Kier molecular flexibility index (Phi) is 8.07. The molecule has 1 saturated heterocycles. The molecule has 1 aliphatic heterocycles. The minimum Gasteiger partial charge on any atom is -0.493 e. The Morgan fingerprint density at radius 3 is 2.61 bits per heavy atom. The molecule has 1 atom stereocenters. The molecule has 36 heavy (non-hydrogen) atoms. The minimum absolute atomic E-state index is 0.0530. The predicted molar refractivity (Wildman–Crippen MR) is 136 cm³/mol. The molecular weight excluding hydrogens is 508 g/mol. The number of carbonyl (C=O) groups is 2. The van der Waals surface area contributed by atoms with E-state index in [1.807, 2.05) is 6.07 Å². The number of ether oxygens (including phenoxy) is 2. The first kappa shape index (κ1) is 25.5. The minimum atomic E-state index is -0.564. The summed E-state index contributed by atoms with van der Waals surface area (Å²) >= 11 is 12.0. The second kappa shape index (κ2) is 11.4. The van der Waals surface area contributed by atoms with E-state index in [2.05, 4.69) is 10.5 Å². The van der Waals surface area contributed by atoms with Crippen molar-refractivity contribution < 1.29 is 23.5 Å². The Balaban J connectivity index is 1.33. The fourth-order valence-corrected chi connectivity index (χ4v) is 4.01. The maximum absolute atomic E-state index is 13.2. The number of nitrogens with zero attached hydrogens (tertiary/aromatic N) is 2. The topological polar surface area (TPSA) is 80.2 Å². The fourth-order valence-electron chi connectivity index (χ4n) is 3.69. The van der Waals surface area contributed by atoms with Crippen molar-refractivity contribution in [3.63, 3.8) is 0 Å². The first-order chi connectivity index (χ1) is 17.3. The van der Waals surface area contributed by atoms with Gasteiger partial charge in [-0.3, -0.25) is 9.59 Å². The number of rotatable bonds is 8. The average Bonchev–Trinajstić information content (AvgIpc) is 3.27. The molecular formula is C26H22Cl2FN3O4. The first-order valence-electron chi connectivity index (χ1n) is 11.0. The number of hydrazone groups is 1. The van der Waals surface area contributed by atoms with Crippen LogP contribution in [0.2, 0.25) is 10.0 Å². The summed E-state index contributed by atoms with van der Waals surface area (Å²) in [6.45, 7) is 0.469. The lowest BCUT2D eigenvalue weighted by Crippen LogP contribution is -2.30. The van der Waals surface area contributed by atoms with Gasteiger partial charge >= 0.3 is 0 Å². The summed E-state index contributed by atoms with van der Waals surface area (Å²) < 4.78 is 24.4. The zero-order valence-corrected chi connectivity index (χ0v) is 20.7. The van der Waals surface area contributed by atoms with Crippen molar-refractivity contribution in [3.05, 3.63) is 87.7 Å². The lowest BCUT2D eigenvalue weighted by Gasteiger charge is -2.16. The van der Waals surface area contributed by atoms with E-state index in [4.69, 9.17) is 32.7 Å². The smallest absolute Gasteiger partial charge is 0.245 e. The summed E-state index contributed by atoms with van der Waals surface area (Å²) in [6, 6.07) is 16.0. The molecule has 7 nitrogen and oxygen atoms in total. The van der Waals surface area contributed by atoms with E-state index in [1.165, 1.54) is 42.5 Å². The number of anilines is 1. The standard InChI is InChI=1S/C26H22Cl2FN3O4/c1-35-24-11-16(3-9-23(24)36-15-17-2-8-21(27)22(28)10-17)13-30-31-26(34)18-12-25(33)32(14-18)20-6-4-19(29)5-7-20/h2-11,13,18H,12,14-15H2,1H3,(H,31,34)/b30-13-/t18-/m1/s1. The highest BCUT2D eigenvalue weighted by Crippen LogP contribution is 2.30. The normalized spacial score (nSPS) is 15.4. The molecule has 0 saturated carbocycles. The third kappa shape index (κ3) is 6.13. The van der Waals surface area contributed by atoms with Crippen molar-refractivity contribution in [1.82, 2.24) is 5.43 Å². The zero-order valence-electron chi connectivity index (χ0n) is 19.2. The molecule has 0 spiro atoms. The van der Waals surface area contributed by atoms with Crippen molar-refractivity contribution in [1.29, 1.82) is 0 Å². The number of nitrogens with one attached hydrogen (secondary N) is 1. The van der Waals surface area contributed by atoms with Crippen LogP contribution < -0.4 is 19.8 Å². The van der Waals surface area contributed by atoms with Crippen LogP contribution in [-0.2, 0) is 16.2 Å². The van der Waals surface area contributed by atoms with E-state index in [0.717, 1.165) is 5.56 Å². The molecule has 0 aliphatic carbocycles. The van der Waals surface area contributed by atoms with Crippen LogP contribution in [0, 0.1) is 11.7 Å². The molecule has 0 unspecified atom stereocenters. The van der Waals surface area contributed by atoms with Gasteiger partial charge in [-0.2, -0.15) is 5.10 Å². The van der Waals surface area contributed by atoms with Crippen molar-refractivity contribution in [2.45, 2.75) is 13.0 Å². The monoisotopic (exact) mass is 529 g/mol. The third-order valence-corrected chi connectivity index (χ3v) is 6.33. The van der Waals surface area contributed by atoms with E-state index < -0.39 is 11.7 Å². The second-order valence-corrected chi connectivity index (χ2v) is 8.88. The van der Waals surface area contributed by atoms with E-state index in [-0.39, 0.29) is 31.4 Å². The number of benzene rings is 3. The Morgan fingerprint density at radius 2 is 1.89 bits per heavy atom. The zero-order chi connectivity index (χ0) is 25.7. The van der Waals surface area contributed by atoms with Crippen LogP contribution in [0.4, 0.5) is 10.1 Å². The van der Waals surface area contributed by atoms with Crippen LogP contribution in [0.3, 0.4) is 0 Å². The van der Waals surface area contributed by atoms with Gasteiger partial charge in [0, 0.05) is 18.7 Å². The average molecular weight is 530 g/mol. The summed E-state index contributed by atoms with van der Waals surface area (Å²) in [6.07, 6.45) is 1.52. The first-order valence-corrected chi connectivity index (χ1v) is 11.7. The molecule has 3 aromatic carbocycles. The van der Waals surface area contributed by atoms with Crippen molar-refractivity contribution >= 4 is 46.9 Å². The van der Waals surface area contributed by atoms with Crippen molar-refractivity contribution in [2.75, 3.05) is 18.6 Å². The Morgan fingerprint density at radius 1 is 1.11 bits per heavy atom. The maximum Gasteiger partial charge on any atom is 0.245 e. The van der Waals surface area contributed by atoms with Crippen LogP contribution in [0.15, 0.2) is 65.8 Å². The number of amides is 2. The lowest BCUT2D eigenvalue weighted by molar-refractivity contribution is -0.126. The molecule has 1 fully saturated rings. The number of carbonyl (C=O) groups excluding carboxylic acids is 2. The van der Waals surface area contributed by atoms with Gasteiger partial charge in [0.05, 0.1) is 29.3 Å². The molecule has 0 bridgehead atoms. The number of methoxy groups -OCH3 is 1. The highest BCUT2D eigenvalue weighted by Gasteiger charge is 2.35. The van der Waals surface area contributed by atoms with Crippen molar-refractivity contribution in [2.24, 2.45) is 11.0 Å². The van der Waals surface area contributed by atoms with Gasteiger partial charge in [-0.05, 0) is 65.7 Å². The predicted octanol–water partition coefficient (Wildman–Crippen LogP) is 5.22. The van der Waals surface area contributed by atoms with Crippen LogP contribution in [0.1, 0.15) is 17.5 Å². The fraction of sp³-hybridized carbons (Fsp3) is 0.192. The Hall–Kier alpha value is -3.62. The van der Waals surface area contributed by atoms with Gasteiger partial charge < -0.3 is 14.4 Å². The van der Waals surface area contributed by atoms with Gasteiger partial charge in [0.25, 0.3) is 0 Å². The molecule has 2 amide bonds. The number of hydrogen-bond acceptors (Lipinski definition) is 5. The number of hydrogen-bond donors (Lipinski definition) is 1. The molecule has 3 aromatic rings. The molecule has 0 aromatic heterocycles. The highest BCUT2D eigenvalue weighted by molar-refractivity contribution is 6.42. The maximum atomic E-state index is 13.2. The Bertz CT molecular complexity index is 1300. The van der Waals surface area contributed by atoms with Gasteiger partial charge in [0.2, 0.25) is 11.8 Å². The summed E-state index contributed by atoms with van der Waals surface area (Å²) in [7, 11) is 1.52. The molecule has 0 radical (unpaired) electrons.